The van der Waals surface area contributed by atoms with E-state index in [1.807, 2.05) is 0 Å². The lowest BCUT2D eigenvalue weighted by Crippen LogP contribution is -1.94. The first-order valence-corrected chi connectivity index (χ1v) is 2.83. The third-order valence-electron chi connectivity index (χ3n) is 1.04. The van der Waals surface area contributed by atoms with Crippen LogP contribution >= 0.6 is 0 Å². The van der Waals surface area contributed by atoms with E-state index >= 15 is 0 Å². The third kappa shape index (κ3) is 1.55. The first-order chi connectivity index (χ1) is 4.83. The summed E-state index contributed by atoms with van der Waals surface area (Å²) in [7, 11) is 1.34. The molecule has 0 radical (unpaired) electrons. The van der Waals surface area contributed by atoms with Crippen LogP contribution in [0.15, 0.2) is 28.9 Å². The topological polar surface area (TPSA) is 38.7 Å². The first kappa shape index (κ1) is 6.74. The van der Waals surface area contributed by atoms with Gasteiger partial charge in [-0.15, -0.1) is 0 Å². The SMILES string of the molecule is COC(=O)C=C1C=CC=N1. The highest BCUT2D eigenvalue weighted by Gasteiger charge is 1.97. The Morgan fingerprint density at radius 2 is 2.60 bits per heavy atom. The summed E-state index contributed by atoms with van der Waals surface area (Å²) in [5, 5.41) is 0. The maximum atomic E-state index is 10.6. The monoisotopic (exact) mass is 137 g/mol. The second-order valence-electron chi connectivity index (χ2n) is 1.73. The fraction of sp³-hybridized carbons (Fsp3) is 0.143. The summed E-state index contributed by atoms with van der Waals surface area (Å²) in [6.45, 7) is 0. The van der Waals surface area contributed by atoms with E-state index in [2.05, 4.69) is 9.73 Å². The molecule has 0 spiro atoms. The minimum Gasteiger partial charge on any atom is -0.466 e. The quantitative estimate of drug-likeness (QED) is 0.394. The smallest absolute Gasteiger partial charge is 0.332 e. The number of ether oxygens (including phenoxy) is 1. The molecule has 0 aromatic heterocycles. The number of carbonyl (C=O) groups excluding carboxylic acids is 1. The van der Waals surface area contributed by atoms with Crippen LogP contribution in [0, 0.1) is 0 Å². The minimum absolute atomic E-state index is 0.376. The molecule has 1 aliphatic heterocycles. The van der Waals surface area contributed by atoms with Gasteiger partial charge in [0.1, 0.15) is 0 Å². The molecule has 0 unspecified atom stereocenters. The van der Waals surface area contributed by atoms with Crippen molar-refractivity contribution < 1.29 is 9.53 Å². The molecule has 1 heterocycles. The van der Waals surface area contributed by atoms with Crippen molar-refractivity contribution in [3.8, 4) is 0 Å². The molecule has 0 amide bonds. The summed E-state index contributed by atoms with van der Waals surface area (Å²) in [4.78, 5) is 14.4. The van der Waals surface area contributed by atoms with Gasteiger partial charge in [-0.2, -0.15) is 0 Å². The zero-order chi connectivity index (χ0) is 7.40. The van der Waals surface area contributed by atoms with Gasteiger partial charge < -0.3 is 4.74 Å². The lowest BCUT2D eigenvalue weighted by Gasteiger charge is -1.89. The number of esters is 1. The zero-order valence-electron chi connectivity index (χ0n) is 5.57. The van der Waals surface area contributed by atoms with Crippen LogP contribution < -0.4 is 0 Å². The van der Waals surface area contributed by atoms with Crippen molar-refractivity contribution in [3.63, 3.8) is 0 Å². The van der Waals surface area contributed by atoms with Crippen molar-refractivity contribution in [3.05, 3.63) is 23.9 Å². The lowest BCUT2D eigenvalue weighted by atomic mass is 10.4. The van der Waals surface area contributed by atoms with Gasteiger partial charge in [-0.1, -0.05) is 0 Å². The van der Waals surface area contributed by atoms with E-state index in [0.717, 1.165) is 0 Å². The molecule has 3 nitrogen and oxygen atoms in total. The molecule has 0 N–H and O–H groups in total. The molecule has 0 aromatic rings. The highest BCUT2D eigenvalue weighted by molar-refractivity contribution is 5.86. The van der Waals surface area contributed by atoms with Crippen LogP contribution in [0.2, 0.25) is 0 Å². The Morgan fingerprint density at radius 3 is 3.10 bits per heavy atom. The molecule has 10 heavy (non-hydrogen) atoms. The number of carbonyl (C=O) groups is 1. The maximum Gasteiger partial charge on any atom is 0.332 e. The molecular formula is C7H7NO2. The van der Waals surface area contributed by atoms with Gasteiger partial charge in [-0.3, -0.25) is 4.99 Å². The molecule has 1 aliphatic rings. The van der Waals surface area contributed by atoms with Gasteiger partial charge in [0.15, 0.2) is 0 Å². The summed E-state index contributed by atoms with van der Waals surface area (Å²) in [6, 6.07) is 0. The van der Waals surface area contributed by atoms with Crippen LogP contribution in [0.25, 0.3) is 0 Å². The molecule has 0 saturated carbocycles. The van der Waals surface area contributed by atoms with Crippen molar-refractivity contribution in [1.29, 1.82) is 0 Å². The average molecular weight is 137 g/mol. The van der Waals surface area contributed by atoms with E-state index in [1.54, 1.807) is 18.4 Å². The third-order valence-corrected chi connectivity index (χ3v) is 1.04. The molecule has 3 heteroatoms. The van der Waals surface area contributed by atoms with E-state index in [4.69, 9.17) is 0 Å². The normalized spacial score (nSPS) is 18.3. The Hall–Kier alpha value is -1.38. The number of hydrogen-bond donors (Lipinski definition) is 0. The molecule has 0 fully saturated rings. The lowest BCUT2D eigenvalue weighted by molar-refractivity contribution is -0.134. The molecule has 0 bridgehead atoms. The summed E-state index contributed by atoms with van der Waals surface area (Å²) in [5.74, 6) is -0.376. The van der Waals surface area contributed by atoms with Crippen LogP contribution in [0.5, 0.6) is 0 Å². The molecule has 52 valence electrons. The molecule has 0 atom stereocenters. The van der Waals surface area contributed by atoms with Gasteiger partial charge in [0.2, 0.25) is 0 Å². The number of aliphatic imine (C=N–C) groups is 1. The predicted octanol–water partition coefficient (Wildman–Crippen LogP) is 0.684. The largest absolute Gasteiger partial charge is 0.466 e. The number of nitrogens with zero attached hydrogens (tertiary/aromatic N) is 1. The number of allylic oxidation sites excluding steroid dienone is 2. The fourth-order valence-electron chi connectivity index (χ4n) is 0.579. The van der Waals surface area contributed by atoms with Crippen molar-refractivity contribution in [2.75, 3.05) is 7.11 Å². The van der Waals surface area contributed by atoms with Crippen molar-refractivity contribution in [2.24, 2.45) is 4.99 Å². The Morgan fingerprint density at radius 1 is 1.80 bits per heavy atom. The molecule has 0 saturated heterocycles. The van der Waals surface area contributed by atoms with Gasteiger partial charge >= 0.3 is 5.97 Å². The van der Waals surface area contributed by atoms with Gasteiger partial charge in [-0.25, -0.2) is 4.79 Å². The second-order valence-corrected chi connectivity index (χ2v) is 1.73. The molecule has 0 aliphatic carbocycles. The van der Waals surface area contributed by atoms with Crippen molar-refractivity contribution in [2.45, 2.75) is 0 Å². The Labute approximate surface area is 58.7 Å². The molecule has 1 rings (SSSR count). The standard InChI is InChI=1S/C7H7NO2/c1-10-7(9)5-6-3-2-4-8-6/h2-5H,1H3. The predicted molar refractivity (Wildman–Crippen MR) is 37.7 cm³/mol. The van der Waals surface area contributed by atoms with Gasteiger partial charge in [-0.05, 0) is 12.2 Å². The van der Waals surface area contributed by atoms with Gasteiger partial charge in [0.25, 0.3) is 0 Å². The fourth-order valence-corrected chi connectivity index (χ4v) is 0.579. The highest BCUT2D eigenvalue weighted by Crippen LogP contribution is 2.03. The summed E-state index contributed by atoms with van der Waals surface area (Å²) in [5.41, 5.74) is 0.631. The minimum atomic E-state index is -0.376. The molecular weight excluding hydrogens is 130 g/mol. The van der Waals surface area contributed by atoms with E-state index in [9.17, 15) is 4.79 Å². The summed E-state index contributed by atoms with van der Waals surface area (Å²) >= 11 is 0. The average Bonchev–Trinajstić information content (AvgIpc) is 2.40. The number of methoxy groups -OCH3 is 1. The van der Waals surface area contributed by atoms with Gasteiger partial charge in [0, 0.05) is 12.3 Å². The van der Waals surface area contributed by atoms with Gasteiger partial charge in [0.05, 0.1) is 12.8 Å². The highest BCUT2D eigenvalue weighted by atomic mass is 16.5. The van der Waals surface area contributed by atoms with E-state index in [1.165, 1.54) is 13.2 Å². The van der Waals surface area contributed by atoms with Crippen molar-refractivity contribution >= 4 is 12.2 Å². The Balaban J connectivity index is 2.63. The van der Waals surface area contributed by atoms with Crippen LogP contribution in [0.4, 0.5) is 0 Å². The van der Waals surface area contributed by atoms with Crippen LogP contribution in [0.1, 0.15) is 0 Å². The summed E-state index contributed by atoms with van der Waals surface area (Å²) < 4.78 is 4.39. The van der Waals surface area contributed by atoms with Crippen molar-refractivity contribution in [1.82, 2.24) is 0 Å². The van der Waals surface area contributed by atoms with Crippen LogP contribution in [-0.2, 0) is 9.53 Å². The van der Waals surface area contributed by atoms with Crippen LogP contribution in [0.3, 0.4) is 0 Å². The Bertz CT molecular complexity index is 212. The second kappa shape index (κ2) is 2.96. The maximum absolute atomic E-state index is 10.6. The van der Waals surface area contributed by atoms with E-state index in [0.29, 0.717) is 5.70 Å². The first-order valence-electron chi connectivity index (χ1n) is 2.83. The summed E-state index contributed by atoms with van der Waals surface area (Å²) in [6.07, 6.45) is 6.44. The number of hydrogen-bond acceptors (Lipinski definition) is 3. The van der Waals surface area contributed by atoms with E-state index in [-0.39, 0.29) is 5.97 Å². The number of rotatable bonds is 1. The zero-order valence-corrected chi connectivity index (χ0v) is 5.57. The Kier molecular flexibility index (Phi) is 1.99. The molecule has 0 aromatic carbocycles. The van der Waals surface area contributed by atoms with Crippen LogP contribution in [-0.4, -0.2) is 19.3 Å². The van der Waals surface area contributed by atoms with E-state index < -0.39 is 0 Å².